The van der Waals surface area contributed by atoms with Crippen LogP contribution < -0.4 is 9.64 Å². The highest BCUT2D eigenvalue weighted by atomic mass is 35.5. The average Bonchev–Trinajstić information content (AvgIpc) is 3.41. The maximum Gasteiger partial charge on any atom is 0.257 e. The van der Waals surface area contributed by atoms with Crippen molar-refractivity contribution in [2.75, 3.05) is 44.2 Å². The number of halogens is 1. The van der Waals surface area contributed by atoms with Crippen molar-refractivity contribution in [2.24, 2.45) is 0 Å². The molecule has 0 atom stereocenters. The van der Waals surface area contributed by atoms with Crippen molar-refractivity contribution in [3.05, 3.63) is 83.3 Å². The van der Waals surface area contributed by atoms with E-state index in [1.54, 1.807) is 6.07 Å². The number of likely N-dealkylation sites (tertiary alicyclic amines) is 1. The number of ether oxygens (including phenoxy) is 1. The lowest BCUT2D eigenvalue weighted by molar-refractivity contribution is 0.0595. The van der Waals surface area contributed by atoms with E-state index in [-0.39, 0.29) is 12.0 Å². The van der Waals surface area contributed by atoms with Gasteiger partial charge in [0.2, 0.25) is 0 Å². The molecule has 1 aromatic heterocycles. The normalized spacial score (nSPS) is 17.7. The summed E-state index contributed by atoms with van der Waals surface area (Å²) in [6.45, 7) is 6.41. The maximum atomic E-state index is 12.4. The van der Waals surface area contributed by atoms with Gasteiger partial charge in [0.1, 0.15) is 18.1 Å². The third kappa shape index (κ3) is 5.57. The van der Waals surface area contributed by atoms with Crippen molar-refractivity contribution in [1.82, 2.24) is 9.80 Å². The van der Waals surface area contributed by atoms with Gasteiger partial charge in [0.15, 0.2) is 0 Å². The van der Waals surface area contributed by atoms with Gasteiger partial charge < -0.3 is 19.0 Å². The second kappa shape index (κ2) is 10.5. The van der Waals surface area contributed by atoms with Gasteiger partial charge in [-0.1, -0.05) is 29.8 Å². The molecule has 2 aliphatic heterocycles. The maximum absolute atomic E-state index is 12.4. The van der Waals surface area contributed by atoms with Gasteiger partial charge >= 0.3 is 0 Å². The van der Waals surface area contributed by atoms with Crippen LogP contribution in [0.3, 0.4) is 0 Å². The second-order valence-corrected chi connectivity index (χ2v) is 9.44. The first-order valence-electron chi connectivity index (χ1n) is 11.9. The molecular weight excluding hydrogens is 450 g/mol. The van der Waals surface area contributed by atoms with E-state index in [1.165, 1.54) is 23.8 Å². The molecule has 0 spiro atoms. The smallest absolute Gasteiger partial charge is 0.257 e. The topological polar surface area (TPSA) is 49.2 Å². The fourth-order valence-corrected chi connectivity index (χ4v) is 4.89. The van der Waals surface area contributed by atoms with Crippen LogP contribution >= 0.6 is 11.6 Å². The van der Waals surface area contributed by atoms with Gasteiger partial charge in [0.25, 0.3) is 5.91 Å². The molecule has 6 nitrogen and oxygen atoms in total. The van der Waals surface area contributed by atoms with E-state index < -0.39 is 0 Å². The number of anilines is 1. The molecule has 2 aliphatic rings. The minimum absolute atomic E-state index is 0.0324. The Morgan fingerprint density at radius 3 is 2.41 bits per heavy atom. The van der Waals surface area contributed by atoms with Crippen LogP contribution in [0.25, 0.3) is 0 Å². The van der Waals surface area contributed by atoms with Crippen LogP contribution in [0.4, 0.5) is 5.69 Å². The monoisotopic (exact) mass is 479 g/mol. The van der Waals surface area contributed by atoms with Crippen molar-refractivity contribution in [3.8, 4) is 5.75 Å². The number of rotatable bonds is 6. The number of carbonyl (C=O) groups excluding carboxylic acids is 1. The summed E-state index contributed by atoms with van der Waals surface area (Å²) in [4.78, 5) is 19.2. The Labute approximate surface area is 205 Å². The summed E-state index contributed by atoms with van der Waals surface area (Å²) in [7, 11) is 0. The van der Waals surface area contributed by atoms with Crippen molar-refractivity contribution in [2.45, 2.75) is 25.5 Å². The summed E-state index contributed by atoms with van der Waals surface area (Å²) in [5.74, 6) is 0.930. The molecule has 3 heterocycles. The zero-order valence-electron chi connectivity index (χ0n) is 19.2. The zero-order valence-corrected chi connectivity index (χ0v) is 20.0. The average molecular weight is 480 g/mol. The number of hydrogen-bond donors (Lipinski definition) is 0. The summed E-state index contributed by atoms with van der Waals surface area (Å²) in [6.07, 6.45) is 4.85. The van der Waals surface area contributed by atoms with Gasteiger partial charge in [-0.05, 0) is 42.0 Å². The molecular formula is C27H30ClN3O3. The molecule has 7 heteroatoms. The van der Waals surface area contributed by atoms with E-state index in [0.29, 0.717) is 18.7 Å². The first kappa shape index (κ1) is 22.8. The van der Waals surface area contributed by atoms with E-state index >= 15 is 0 Å². The van der Waals surface area contributed by atoms with Crippen LogP contribution in [0, 0.1) is 0 Å². The fourth-order valence-electron chi connectivity index (χ4n) is 4.71. The quantitative estimate of drug-likeness (QED) is 0.501. The molecule has 34 heavy (non-hydrogen) atoms. The largest absolute Gasteiger partial charge is 0.490 e. The van der Waals surface area contributed by atoms with Crippen molar-refractivity contribution in [3.63, 3.8) is 0 Å². The molecule has 0 aliphatic carbocycles. The Morgan fingerprint density at radius 2 is 1.74 bits per heavy atom. The molecule has 5 rings (SSSR count). The summed E-state index contributed by atoms with van der Waals surface area (Å²) < 4.78 is 11.2. The van der Waals surface area contributed by atoms with Crippen LogP contribution in [0.2, 0.25) is 5.02 Å². The highest BCUT2D eigenvalue weighted by Gasteiger charge is 2.25. The van der Waals surface area contributed by atoms with Crippen LogP contribution in [0.5, 0.6) is 5.75 Å². The first-order chi connectivity index (χ1) is 16.6. The molecule has 178 valence electrons. The van der Waals surface area contributed by atoms with Crippen LogP contribution in [0.1, 0.15) is 28.8 Å². The Hall–Kier alpha value is -2.96. The molecule has 0 unspecified atom stereocenters. The first-order valence-corrected chi connectivity index (χ1v) is 12.3. The fraction of sp³-hybridized carbons (Fsp3) is 0.370. The molecule has 0 radical (unpaired) electrons. The molecule has 3 aromatic rings. The lowest BCUT2D eigenvalue weighted by Gasteiger charge is -2.36. The van der Waals surface area contributed by atoms with E-state index in [2.05, 4.69) is 40.1 Å². The summed E-state index contributed by atoms with van der Waals surface area (Å²) >= 11 is 6.15. The Balaban J connectivity index is 1.06. The predicted octanol–water partition coefficient (Wildman–Crippen LogP) is 4.94. The van der Waals surface area contributed by atoms with Crippen LogP contribution in [-0.4, -0.2) is 61.1 Å². The number of hydrogen-bond acceptors (Lipinski definition) is 5. The van der Waals surface area contributed by atoms with Gasteiger partial charge in [-0.2, -0.15) is 0 Å². The molecule has 1 amide bonds. The van der Waals surface area contributed by atoms with Crippen molar-refractivity contribution in [1.29, 1.82) is 0 Å². The second-order valence-electron chi connectivity index (χ2n) is 9.01. The van der Waals surface area contributed by atoms with Gasteiger partial charge in [-0.15, -0.1) is 0 Å². The number of carbonyl (C=O) groups is 1. The number of piperidine rings is 1. The highest BCUT2D eigenvalue weighted by molar-refractivity contribution is 6.30. The van der Waals surface area contributed by atoms with Gasteiger partial charge in [0, 0.05) is 69.4 Å². The zero-order chi connectivity index (χ0) is 23.3. The van der Waals surface area contributed by atoms with Crippen molar-refractivity contribution >= 4 is 23.2 Å². The highest BCUT2D eigenvalue weighted by Crippen LogP contribution is 2.23. The molecule has 0 N–H and O–H groups in total. The van der Waals surface area contributed by atoms with Crippen molar-refractivity contribution < 1.29 is 13.9 Å². The minimum Gasteiger partial charge on any atom is -0.490 e. The van der Waals surface area contributed by atoms with E-state index in [0.717, 1.165) is 56.3 Å². The van der Waals surface area contributed by atoms with E-state index in [4.69, 9.17) is 20.8 Å². The Kier molecular flexibility index (Phi) is 7.07. The number of nitrogens with zero attached hydrogens (tertiary/aromatic N) is 3. The molecule has 0 saturated carbocycles. The van der Waals surface area contributed by atoms with E-state index in [9.17, 15) is 4.79 Å². The number of piperazine rings is 1. The van der Waals surface area contributed by atoms with Crippen LogP contribution in [0.15, 0.2) is 71.5 Å². The summed E-state index contributed by atoms with van der Waals surface area (Å²) in [5, 5.41) is 0.788. The third-order valence-corrected chi connectivity index (χ3v) is 6.91. The molecule has 2 saturated heterocycles. The third-order valence-electron chi connectivity index (χ3n) is 6.68. The number of amides is 1. The molecule has 2 aromatic carbocycles. The van der Waals surface area contributed by atoms with Gasteiger partial charge in [-0.3, -0.25) is 9.69 Å². The van der Waals surface area contributed by atoms with Gasteiger partial charge in [-0.25, -0.2) is 0 Å². The summed E-state index contributed by atoms with van der Waals surface area (Å²) in [5.41, 5.74) is 3.11. The summed E-state index contributed by atoms with van der Waals surface area (Å²) in [6, 6.07) is 18.3. The number of benzene rings is 2. The predicted molar refractivity (Wildman–Crippen MR) is 134 cm³/mol. The van der Waals surface area contributed by atoms with E-state index in [1.807, 2.05) is 23.1 Å². The molecule has 0 bridgehead atoms. The minimum atomic E-state index is 0.0324. The molecule has 2 fully saturated rings. The number of furan rings is 1. The SMILES string of the molecule is O=C(c1ccoc1)N1CCC(Oc2ccc(CN3CCN(c4cccc(Cl)c4)CC3)cc2)CC1. The van der Waals surface area contributed by atoms with Crippen LogP contribution in [-0.2, 0) is 6.54 Å². The Morgan fingerprint density at radius 1 is 0.971 bits per heavy atom. The standard InChI is InChI=1S/C27H30ClN3O3/c28-23-2-1-3-24(18-23)30-15-13-29(14-16-30)19-21-4-6-25(7-5-21)34-26-8-11-31(12-9-26)27(32)22-10-17-33-20-22/h1-7,10,17-18,20,26H,8-9,11-16,19H2. The Bertz CT molecular complexity index is 1070. The lowest BCUT2D eigenvalue weighted by Crippen LogP contribution is -2.45. The van der Waals surface area contributed by atoms with Gasteiger partial charge in [0.05, 0.1) is 11.8 Å². The lowest BCUT2D eigenvalue weighted by atomic mass is 10.1.